The zero-order valence-corrected chi connectivity index (χ0v) is 13.2. The number of aryl methyl sites for hydroxylation is 3. The first-order valence-electron chi connectivity index (χ1n) is 7.90. The third kappa shape index (κ3) is 2.22. The molecule has 2 aromatic heterocycles. The molecule has 1 aliphatic rings. The van der Waals surface area contributed by atoms with Crippen LogP contribution < -0.4 is 0 Å². The van der Waals surface area contributed by atoms with Crippen molar-refractivity contribution in [2.45, 2.75) is 33.0 Å². The van der Waals surface area contributed by atoms with Crippen molar-refractivity contribution < 1.29 is 0 Å². The van der Waals surface area contributed by atoms with Crippen molar-refractivity contribution in [3.05, 3.63) is 65.1 Å². The van der Waals surface area contributed by atoms with E-state index in [0.29, 0.717) is 0 Å². The number of rotatable bonds is 3. The number of hydrogen-bond acceptors (Lipinski definition) is 2. The number of nitrogens with zero attached hydrogens (tertiary/aromatic N) is 3. The Kier molecular flexibility index (Phi) is 3.23. The number of fused-ring (bicyclic) bond motifs is 3. The first kappa shape index (κ1) is 13.5. The van der Waals surface area contributed by atoms with Crippen molar-refractivity contribution in [3.8, 4) is 0 Å². The van der Waals surface area contributed by atoms with Gasteiger partial charge in [-0.2, -0.15) is 0 Å². The van der Waals surface area contributed by atoms with Crippen molar-refractivity contribution in [2.75, 3.05) is 7.05 Å². The molecule has 22 heavy (non-hydrogen) atoms. The van der Waals surface area contributed by atoms with E-state index in [9.17, 15) is 0 Å². The highest BCUT2D eigenvalue weighted by Gasteiger charge is 2.24. The summed E-state index contributed by atoms with van der Waals surface area (Å²) in [5.41, 5.74) is 7.10. The molecule has 112 valence electrons. The van der Waals surface area contributed by atoms with Crippen molar-refractivity contribution >= 4 is 10.9 Å². The first-order chi connectivity index (χ1) is 10.7. The predicted octanol–water partition coefficient (Wildman–Crippen LogP) is 3.53. The summed E-state index contributed by atoms with van der Waals surface area (Å²) in [5, 5.41) is 1.44. The first-order valence-corrected chi connectivity index (χ1v) is 7.90. The van der Waals surface area contributed by atoms with Gasteiger partial charge in [-0.05, 0) is 55.8 Å². The molecular weight excluding hydrogens is 270 g/mol. The zero-order valence-electron chi connectivity index (χ0n) is 13.2. The lowest BCUT2D eigenvalue weighted by molar-refractivity contribution is 0.347. The number of pyridine rings is 1. The summed E-state index contributed by atoms with van der Waals surface area (Å²) >= 11 is 0. The van der Waals surface area contributed by atoms with Crippen molar-refractivity contribution in [1.29, 1.82) is 0 Å². The van der Waals surface area contributed by atoms with Crippen LogP contribution in [0.5, 0.6) is 0 Å². The van der Waals surface area contributed by atoms with Crippen LogP contribution in [-0.4, -0.2) is 21.5 Å². The third-order valence-corrected chi connectivity index (χ3v) is 4.66. The van der Waals surface area contributed by atoms with E-state index < -0.39 is 0 Å². The van der Waals surface area contributed by atoms with E-state index in [1.165, 1.54) is 33.3 Å². The van der Waals surface area contributed by atoms with Crippen LogP contribution in [0.1, 0.15) is 22.4 Å². The lowest BCUT2D eigenvalue weighted by atomic mass is 10.1. The Morgan fingerprint density at radius 3 is 2.73 bits per heavy atom. The number of benzene rings is 1. The van der Waals surface area contributed by atoms with Gasteiger partial charge in [0, 0.05) is 48.6 Å². The second-order valence-electron chi connectivity index (χ2n) is 6.38. The van der Waals surface area contributed by atoms with E-state index in [1.807, 2.05) is 12.4 Å². The SMILES string of the molecule is Cc1ccc2c(c1)c1c(n2CCc2ccncc2)CN(C)C1. The van der Waals surface area contributed by atoms with Gasteiger partial charge in [0.15, 0.2) is 0 Å². The lowest BCUT2D eigenvalue weighted by Gasteiger charge is -2.12. The summed E-state index contributed by atoms with van der Waals surface area (Å²) in [6.45, 7) is 5.34. The fraction of sp³-hybridized carbons (Fsp3) is 0.316. The van der Waals surface area contributed by atoms with E-state index in [2.05, 4.69) is 58.8 Å². The highest BCUT2D eigenvalue weighted by molar-refractivity contribution is 5.86. The highest BCUT2D eigenvalue weighted by atomic mass is 15.2. The van der Waals surface area contributed by atoms with E-state index >= 15 is 0 Å². The summed E-state index contributed by atoms with van der Waals surface area (Å²) < 4.78 is 2.52. The molecule has 0 radical (unpaired) electrons. The lowest BCUT2D eigenvalue weighted by Crippen LogP contribution is -2.12. The van der Waals surface area contributed by atoms with E-state index in [4.69, 9.17) is 0 Å². The Balaban J connectivity index is 1.75. The van der Waals surface area contributed by atoms with Crippen LogP contribution in [0.15, 0.2) is 42.7 Å². The average molecular weight is 291 g/mol. The van der Waals surface area contributed by atoms with Gasteiger partial charge >= 0.3 is 0 Å². The van der Waals surface area contributed by atoms with E-state index in [-0.39, 0.29) is 0 Å². The van der Waals surface area contributed by atoms with Crippen LogP contribution in [-0.2, 0) is 26.1 Å². The molecule has 0 bridgehead atoms. The van der Waals surface area contributed by atoms with Crippen molar-refractivity contribution in [1.82, 2.24) is 14.5 Å². The Morgan fingerprint density at radius 2 is 1.91 bits per heavy atom. The van der Waals surface area contributed by atoms with Gasteiger partial charge in [-0.1, -0.05) is 11.6 Å². The molecule has 0 aliphatic carbocycles. The molecule has 0 amide bonds. The smallest absolute Gasteiger partial charge is 0.0486 e. The van der Waals surface area contributed by atoms with Crippen LogP contribution in [0.3, 0.4) is 0 Å². The quantitative estimate of drug-likeness (QED) is 0.736. The molecule has 0 saturated heterocycles. The summed E-state index contributed by atoms with van der Waals surface area (Å²) in [7, 11) is 2.20. The molecule has 0 unspecified atom stereocenters. The van der Waals surface area contributed by atoms with Crippen molar-refractivity contribution in [2.24, 2.45) is 0 Å². The fourth-order valence-corrected chi connectivity index (χ4v) is 3.58. The fourth-order valence-electron chi connectivity index (χ4n) is 3.58. The maximum atomic E-state index is 4.10. The number of aromatic nitrogens is 2. The molecule has 1 aromatic carbocycles. The minimum absolute atomic E-state index is 1.03. The molecule has 3 nitrogen and oxygen atoms in total. The second-order valence-corrected chi connectivity index (χ2v) is 6.38. The van der Waals surface area contributed by atoms with E-state index in [1.54, 1.807) is 0 Å². The van der Waals surface area contributed by atoms with Crippen LogP contribution in [0, 0.1) is 6.92 Å². The van der Waals surface area contributed by atoms with Gasteiger partial charge in [0.25, 0.3) is 0 Å². The van der Waals surface area contributed by atoms with Gasteiger partial charge in [-0.25, -0.2) is 0 Å². The predicted molar refractivity (Wildman–Crippen MR) is 89.8 cm³/mol. The van der Waals surface area contributed by atoms with Gasteiger partial charge in [0.2, 0.25) is 0 Å². The molecule has 3 heteroatoms. The number of hydrogen-bond donors (Lipinski definition) is 0. The van der Waals surface area contributed by atoms with Crippen LogP contribution in [0.2, 0.25) is 0 Å². The molecule has 0 N–H and O–H groups in total. The van der Waals surface area contributed by atoms with Crippen LogP contribution in [0.4, 0.5) is 0 Å². The molecule has 3 aromatic rings. The molecule has 0 spiro atoms. The minimum Gasteiger partial charge on any atom is -0.343 e. The van der Waals surface area contributed by atoms with Crippen molar-refractivity contribution in [3.63, 3.8) is 0 Å². The van der Waals surface area contributed by atoms with Gasteiger partial charge in [-0.3, -0.25) is 9.88 Å². The summed E-state index contributed by atoms with van der Waals surface area (Å²) in [5.74, 6) is 0. The summed E-state index contributed by atoms with van der Waals surface area (Å²) in [4.78, 5) is 6.50. The third-order valence-electron chi connectivity index (χ3n) is 4.66. The van der Waals surface area contributed by atoms with Gasteiger partial charge < -0.3 is 4.57 Å². The standard InChI is InChI=1S/C19H21N3/c1-14-3-4-18-16(11-14)17-12-21(2)13-19(17)22(18)10-7-15-5-8-20-9-6-15/h3-6,8-9,11H,7,10,12-13H2,1-2H3. The largest absolute Gasteiger partial charge is 0.343 e. The van der Waals surface area contributed by atoms with Crippen LogP contribution >= 0.6 is 0 Å². The van der Waals surface area contributed by atoms with Crippen LogP contribution in [0.25, 0.3) is 10.9 Å². The van der Waals surface area contributed by atoms with Gasteiger partial charge in [0.1, 0.15) is 0 Å². The Hall–Kier alpha value is -2.13. The minimum atomic E-state index is 1.03. The Bertz CT molecular complexity index is 818. The normalized spacial score (nSPS) is 14.6. The molecule has 1 aliphatic heterocycles. The zero-order chi connectivity index (χ0) is 15.1. The molecule has 4 rings (SSSR count). The Morgan fingerprint density at radius 1 is 1.09 bits per heavy atom. The molecular formula is C19H21N3. The molecule has 0 fully saturated rings. The molecule has 3 heterocycles. The summed E-state index contributed by atoms with van der Waals surface area (Å²) in [6, 6.07) is 11.1. The molecule has 0 atom stereocenters. The van der Waals surface area contributed by atoms with Gasteiger partial charge in [0.05, 0.1) is 0 Å². The van der Waals surface area contributed by atoms with E-state index in [0.717, 1.165) is 26.1 Å². The molecule has 0 saturated carbocycles. The van der Waals surface area contributed by atoms with Gasteiger partial charge in [-0.15, -0.1) is 0 Å². The average Bonchev–Trinajstić information content (AvgIpc) is 3.02. The Labute approximate surface area is 131 Å². The topological polar surface area (TPSA) is 21.1 Å². The second kappa shape index (κ2) is 5.25. The maximum Gasteiger partial charge on any atom is 0.0486 e. The highest BCUT2D eigenvalue weighted by Crippen LogP contribution is 2.33. The summed E-state index contributed by atoms with van der Waals surface area (Å²) in [6.07, 6.45) is 4.81. The maximum absolute atomic E-state index is 4.10. The monoisotopic (exact) mass is 291 g/mol.